The molecule has 2 fully saturated rings. The molecule has 8 heteroatoms. The Hall–Kier alpha value is -2.58. The zero-order valence-electron chi connectivity index (χ0n) is 19.7. The molecule has 0 aromatic carbocycles. The fraction of sp³-hybridized carbons (Fsp3) is 0.600. The Bertz CT molecular complexity index is 1050. The highest BCUT2D eigenvalue weighted by atomic mass is 16.5. The Labute approximate surface area is 194 Å². The number of carbonyl (C=O) groups is 2. The van der Waals surface area contributed by atoms with Crippen LogP contribution in [0.1, 0.15) is 84.2 Å². The van der Waals surface area contributed by atoms with E-state index in [1.165, 1.54) is 0 Å². The second-order valence-electron chi connectivity index (χ2n) is 10.3. The van der Waals surface area contributed by atoms with E-state index in [1.54, 1.807) is 28.9 Å². The molecule has 176 valence electrons. The molecule has 0 saturated carbocycles. The number of Topliss-reactive ketones (excluding diaryl/α,β-unsaturated/α-hetero) is 1. The maximum atomic E-state index is 13.1. The van der Waals surface area contributed by atoms with Gasteiger partial charge in [0.25, 0.3) is 5.91 Å². The van der Waals surface area contributed by atoms with Crippen molar-refractivity contribution in [1.82, 2.24) is 19.7 Å². The molecule has 2 unspecified atom stereocenters. The van der Waals surface area contributed by atoms with Crippen molar-refractivity contribution < 1.29 is 19.1 Å². The minimum atomic E-state index is -0.142. The number of ketones is 1. The lowest BCUT2D eigenvalue weighted by Crippen LogP contribution is -2.34. The minimum Gasteiger partial charge on any atom is -0.376 e. The summed E-state index contributed by atoms with van der Waals surface area (Å²) in [5, 5.41) is 4.83. The van der Waals surface area contributed by atoms with Gasteiger partial charge in [-0.05, 0) is 49.7 Å². The lowest BCUT2D eigenvalue weighted by Gasteiger charge is -2.29. The van der Waals surface area contributed by atoms with Crippen LogP contribution >= 0.6 is 0 Å². The van der Waals surface area contributed by atoms with Crippen LogP contribution in [-0.4, -0.2) is 64.3 Å². The third-order valence-electron chi connectivity index (χ3n) is 6.87. The lowest BCUT2D eigenvalue weighted by molar-refractivity contribution is 0.0586. The van der Waals surface area contributed by atoms with Crippen LogP contribution in [0.4, 0.5) is 0 Å². The first kappa shape index (κ1) is 22.2. The number of nitrogens with zero attached hydrogens (tertiary/aromatic N) is 4. The van der Waals surface area contributed by atoms with Gasteiger partial charge >= 0.3 is 0 Å². The standard InChI is InChI=1S/C25H32N4O4/c1-25(2)12-18-22(19(30)13-25)23(20-7-5-11-33-20)27-29(18)21-9-8-16(14-26-21)24(31)28(3)15-17-6-4-10-32-17/h8-9,14,17,20H,4-7,10-13,15H2,1-3H3. The maximum absolute atomic E-state index is 13.1. The van der Waals surface area contributed by atoms with Crippen LogP contribution in [0, 0.1) is 5.41 Å². The van der Waals surface area contributed by atoms with Crippen LogP contribution in [-0.2, 0) is 15.9 Å². The van der Waals surface area contributed by atoms with E-state index in [0.717, 1.165) is 50.1 Å². The third kappa shape index (κ3) is 4.34. The van der Waals surface area contributed by atoms with Crippen molar-refractivity contribution in [2.45, 2.75) is 64.6 Å². The van der Waals surface area contributed by atoms with Crippen LogP contribution < -0.4 is 0 Å². The van der Waals surface area contributed by atoms with Crippen LogP contribution in [0.3, 0.4) is 0 Å². The van der Waals surface area contributed by atoms with Crippen LogP contribution in [0.2, 0.25) is 0 Å². The van der Waals surface area contributed by atoms with E-state index in [-0.39, 0.29) is 29.3 Å². The number of ether oxygens (including phenoxy) is 2. The Kier molecular flexibility index (Phi) is 5.82. The van der Waals surface area contributed by atoms with E-state index in [4.69, 9.17) is 14.6 Å². The molecule has 2 atom stereocenters. The first-order valence-electron chi connectivity index (χ1n) is 11.9. The van der Waals surface area contributed by atoms with Crippen LogP contribution in [0.15, 0.2) is 18.3 Å². The Morgan fingerprint density at radius 2 is 1.97 bits per heavy atom. The van der Waals surface area contributed by atoms with Crippen molar-refractivity contribution in [2.24, 2.45) is 5.41 Å². The van der Waals surface area contributed by atoms with E-state index in [1.807, 2.05) is 6.07 Å². The number of rotatable bonds is 5. The van der Waals surface area contributed by atoms with Crippen molar-refractivity contribution in [1.29, 1.82) is 0 Å². The molecule has 2 saturated heterocycles. The van der Waals surface area contributed by atoms with Gasteiger partial charge in [-0.15, -0.1) is 0 Å². The Morgan fingerprint density at radius 3 is 2.64 bits per heavy atom. The molecule has 0 N–H and O–H groups in total. The predicted molar refractivity (Wildman–Crippen MR) is 122 cm³/mol. The van der Waals surface area contributed by atoms with Gasteiger partial charge in [-0.2, -0.15) is 5.10 Å². The molecule has 0 radical (unpaired) electrons. The summed E-state index contributed by atoms with van der Waals surface area (Å²) in [6, 6.07) is 3.60. The van der Waals surface area contributed by atoms with E-state index in [2.05, 4.69) is 18.8 Å². The van der Waals surface area contributed by atoms with Gasteiger partial charge in [-0.3, -0.25) is 9.59 Å². The smallest absolute Gasteiger partial charge is 0.255 e. The van der Waals surface area contributed by atoms with Gasteiger partial charge in [0.15, 0.2) is 11.6 Å². The normalized spacial score (nSPS) is 24.2. The summed E-state index contributed by atoms with van der Waals surface area (Å²) in [4.78, 5) is 32.2. The third-order valence-corrected chi connectivity index (χ3v) is 6.87. The van der Waals surface area contributed by atoms with Gasteiger partial charge in [0.1, 0.15) is 11.8 Å². The van der Waals surface area contributed by atoms with Crippen molar-refractivity contribution in [3.8, 4) is 5.82 Å². The first-order valence-corrected chi connectivity index (χ1v) is 11.9. The zero-order valence-corrected chi connectivity index (χ0v) is 19.7. The monoisotopic (exact) mass is 452 g/mol. The predicted octanol–water partition coefficient (Wildman–Crippen LogP) is 3.52. The number of carbonyl (C=O) groups excluding carboxylic acids is 2. The molecule has 0 spiro atoms. The molecule has 4 heterocycles. The van der Waals surface area contributed by atoms with Crippen LogP contribution in [0.25, 0.3) is 5.82 Å². The summed E-state index contributed by atoms with van der Waals surface area (Å²) < 4.78 is 13.3. The summed E-state index contributed by atoms with van der Waals surface area (Å²) in [7, 11) is 1.80. The molecule has 2 aliphatic heterocycles. The molecule has 0 bridgehead atoms. The summed E-state index contributed by atoms with van der Waals surface area (Å²) in [6.07, 6.45) is 6.68. The summed E-state index contributed by atoms with van der Waals surface area (Å²) in [5.41, 5.74) is 2.72. The van der Waals surface area contributed by atoms with Gasteiger partial charge in [-0.25, -0.2) is 9.67 Å². The molecule has 5 rings (SSSR count). The average molecular weight is 453 g/mol. The van der Waals surface area contributed by atoms with Gasteiger partial charge < -0.3 is 14.4 Å². The topological polar surface area (TPSA) is 86.5 Å². The Morgan fingerprint density at radius 1 is 1.18 bits per heavy atom. The van der Waals surface area contributed by atoms with Crippen LogP contribution in [0.5, 0.6) is 0 Å². The van der Waals surface area contributed by atoms with Gasteiger partial charge in [0, 0.05) is 39.4 Å². The summed E-state index contributed by atoms with van der Waals surface area (Å²) >= 11 is 0. The molecular formula is C25H32N4O4. The molecule has 1 amide bonds. The number of pyridine rings is 1. The quantitative estimate of drug-likeness (QED) is 0.690. The lowest BCUT2D eigenvalue weighted by atomic mass is 9.75. The summed E-state index contributed by atoms with van der Waals surface area (Å²) in [6.45, 7) is 6.26. The van der Waals surface area contributed by atoms with Gasteiger partial charge in [-0.1, -0.05) is 13.8 Å². The second kappa shape index (κ2) is 8.65. The van der Waals surface area contributed by atoms with E-state index in [9.17, 15) is 9.59 Å². The van der Waals surface area contributed by atoms with E-state index in [0.29, 0.717) is 36.5 Å². The van der Waals surface area contributed by atoms with Crippen molar-refractivity contribution in [2.75, 3.05) is 26.8 Å². The Balaban J connectivity index is 1.43. The molecule has 1 aliphatic carbocycles. The highest BCUT2D eigenvalue weighted by molar-refractivity contribution is 6.00. The average Bonchev–Trinajstić information content (AvgIpc) is 3.53. The minimum absolute atomic E-state index is 0.0802. The highest BCUT2D eigenvalue weighted by Crippen LogP contribution is 2.40. The number of aromatic nitrogens is 3. The van der Waals surface area contributed by atoms with E-state index >= 15 is 0 Å². The van der Waals surface area contributed by atoms with Crippen molar-refractivity contribution in [3.05, 3.63) is 40.8 Å². The second-order valence-corrected chi connectivity index (χ2v) is 10.3. The number of hydrogen-bond donors (Lipinski definition) is 0. The summed E-state index contributed by atoms with van der Waals surface area (Å²) in [5.74, 6) is 0.656. The zero-order chi connectivity index (χ0) is 23.2. The fourth-order valence-electron chi connectivity index (χ4n) is 5.22. The number of hydrogen-bond acceptors (Lipinski definition) is 6. The molecule has 3 aliphatic rings. The molecule has 2 aromatic rings. The fourth-order valence-corrected chi connectivity index (χ4v) is 5.22. The van der Waals surface area contributed by atoms with E-state index < -0.39 is 0 Å². The van der Waals surface area contributed by atoms with Crippen molar-refractivity contribution in [3.63, 3.8) is 0 Å². The molecular weight excluding hydrogens is 420 g/mol. The van der Waals surface area contributed by atoms with Gasteiger partial charge in [0.2, 0.25) is 0 Å². The first-order chi connectivity index (χ1) is 15.8. The van der Waals surface area contributed by atoms with Gasteiger partial charge in [0.05, 0.1) is 22.9 Å². The molecule has 33 heavy (non-hydrogen) atoms. The number of amides is 1. The number of fused-ring (bicyclic) bond motifs is 1. The maximum Gasteiger partial charge on any atom is 0.255 e. The molecule has 8 nitrogen and oxygen atoms in total. The largest absolute Gasteiger partial charge is 0.376 e. The SMILES string of the molecule is CN(CC1CCCO1)C(=O)c1ccc(-n2nc(C3CCCO3)c3c2CC(C)(C)CC3=O)nc1. The number of likely N-dealkylation sites (N-methyl/N-ethyl adjacent to an activating group) is 1. The highest BCUT2D eigenvalue weighted by Gasteiger charge is 2.39. The molecule has 2 aromatic heterocycles. The van der Waals surface area contributed by atoms with Crippen molar-refractivity contribution >= 4 is 11.7 Å².